The van der Waals surface area contributed by atoms with Crippen LogP contribution in [0.25, 0.3) is 0 Å². The third kappa shape index (κ3) is 5.13. The summed E-state index contributed by atoms with van der Waals surface area (Å²) in [6.45, 7) is 5.90. The Morgan fingerprint density at radius 2 is 1.77 bits per heavy atom. The van der Waals surface area contributed by atoms with Gasteiger partial charge in [0.1, 0.15) is 5.84 Å². The Labute approximate surface area is 243 Å². The van der Waals surface area contributed by atoms with E-state index in [-0.39, 0.29) is 49.6 Å². The van der Waals surface area contributed by atoms with Crippen LogP contribution in [0.4, 0.5) is 13.2 Å². The smallest absolute Gasteiger partial charge is 0.366 e. The number of aliphatic imine (C=N–C) groups is 1. The lowest BCUT2D eigenvalue weighted by Crippen LogP contribution is -2.78. The van der Waals surface area contributed by atoms with Gasteiger partial charge in [0.15, 0.2) is 6.04 Å². The van der Waals surface area contributed by atoms with E-state index in [1.807, 2.05) is 20.8 Å². The summed E-state index contributed by atoms with van der Waals surface area (Å²) in [4.78, 5) is 19.7. The van der Waals surface area contributed by atoms with Gasteiger partial charge < -0.3 is 10.2 Å². The molecule has 3 aliphatic carbocycles. The summed E-state index contributed by atoms with van der Waals surface area (Å²) in [6.07, 6.45) is -2.18. The van der Waals surface area contributed by atoms with Crippen LogP contribution in [0, 0.1) is 11.3 Å². The standard InChI is InChI=1S/C27H35Cl2F3N4O3S/c1-4-11-40(38,39)36(13-17-5-6-19(28)20(29)12-17)26-14-25(15-26,16-26)23-33-21(24(2,3)34-23)22(37)35-9-7-18(8-10-35)27(30,31)32/h5-6,12,18,21H,4,7-11,13-16H2,1-3H3,(H,33,34)/t21-,25?,26?/m0/s1. The van der Waals surface area contributed by atoms with Gasteiger partial charge in [0.2, 0.25) is 15.9 Å². The summed E-state index contributed by atoms with van der Waals surface area (Å²) >= 11 is 12.3. The molecule has 1 aromatic carbocycles. The van der Waals surface area contributed by atoms with Crippen molar-refractivity contribution in [2.24, 2.45) is 16.3 Å². The predicted molar refractivity (Wildman–Crippen MR) is 149 cm³/mol. The number of rotatable bonds is 8. The summed E-state index contributed by atoms with van der Waals surface area (Å²) in [5, 5.41) is 4.19. The molecule has 2 heterocycles. The maximum absolute atomic E-state index is 13.4. The maximum atomic E-state index is 13.4. The topological polar surface area (TPSA) is 82.1 Å². The van der Waals surface area contributed by atoms with E-state index in [0.717, 1.165) is 5.56 Å². The SMILES string of the molecule is CCCS(=O)(=O)N(Cc1ccc(Cl)c(Cl)c1)C12CC(C3=N[C@@H](C(=O)N4CCC(C(F)(F)F)CC4)C(C)(C)N3)(C1)C2. The number of nitrogens with one attached hydrogen (secondary N) is 1. The molecule has 0 spiro atoms. The third-order valence-corrected chi connectivity index (χ3v) is 11.9. The van der Waals surface area contributed by atoms with Crippen molar-refractivity contribution >= 4 is 45.0 Å². The van der Waals surface area contributed by atoms with E-state index >= 15 is 0 Å². The second kappa shape index (κ2) is 10.0. The van der Waals surface area contributed by atoms with Gasteiger partial charge in [0.05, 0.1) is 27.3 Å². The fourth-order valence-electron chi connectivity index (χ4n) is 6.91. The van der Waals surface area contributed by atoms with Crippen molar-refractivity contribution in [3.05, 3.63) is 33.8 Å². The van der Waals surface area contributed by atoms with Gasteiger partial charge >= 0.3 is 6.18 Å². The Balaban J connectivity index is 1.30. The number of amidine groups is 1. The highest BCUT2D eigenvalue weighted by Gasteiger charge is 2.75. The Kier molecular flexibility index (Phi) is 7.49. The van der Waals surface area contributed by atoms with Crippen LogP contribution in [-0.4, -0.2) is 71.5 Å². The Morgan fingerprint density at radius 3 is 2.33 bits per heavy atom. The van der Waals surface area contributed by atoms with Crippen LogP contribution in [0.15, 0.2) is 23.2 Å². The summed E-state index contributed by atoms with van der Waals surface area (Å²) in [6, 6.07) is 4.39. The first-order valence-corrected chi connectivity index (χ1v) is 16.0. The van der Waals surface area contributed by atoms with Gasteiger partial charge in [0, 0.05) is 30.6 Å². The van der Waals surface area contributed by atoms with Gasteiger partial charge in [-0.1, -0.05) is 36.2 Å². The molecule has 3 saturated carbocycles. The molecule has 13 heteroatoms. The number of carbonyl (C=O) groups is 1. The van der Waals surface area contributed by atoms with Crippen LogP contribution in [0.2, 0.25) is 10.0 Å². The van der Waals surface area contributed by atoms with Crippen LogP contribution in [0.3, 0.4) is 0 Å². The maximum Gasteiger partial charge on any atom is 0.391 e. The number of carbonyl (C=O) groups excluding carboxylic acids is 1. The molecule has 5 aliphatic rings. The lowest BCUT2D eigenvalue weighted by molar-refractivity contribution is -0.186. The zero-order valence-electron chi connectivity index (χ0n) is 22.8. The van der Waals surface area contributed by atoms with E-state index < -0.39 is 39.2 Å². The zero-order valence-corrected chi connectivity index (χ0v) is 25.2. The fraction of sp³-hybridized carbons (Fsp3) is 0.704. The second-order valence-corrected chi connectivity index (χ2v) is 15.3. The van der Waals surface area contributed by atoms with E-state index in [0.29, 0.717) is 41.6 Å². The highest BCUT2D eigenvalue weighted by Crippen LogP contribution is 2.71. The monoisotopic (exact) mass is 622 g/mol. The van der Waals surface area contributed by atoms with E-state index in [1.54, 1.807) is 22.5 Å². The van der Waals surface area contributed by atoms with Crippen molar-refractivity contribution in [2.75, 3.05) is 18.8 Å². The molecule has 2 bridgehead atoms. The average molecular weight is 624 g/mol. The molecule has 0 radical (unpaired) electrons. The number of likely N-dealkylation sites (tertiary alicyclic amines) is 1. The number of hydrogen-bond donors (Lipinski definition) is 1. The van der Waals surface area contributed by atoms with E-state index in [1.165, 1.54) is 4.90 Å². The molecule has 6 rings (SSSR count). The summed E-state index contributed by atoms with van der Waals surface area (Å²) < 4.78 is 67.7. The summed E-state index contributed by atoms with van der Waals surface area (Å²) in [5.41, 5.74) is -0.821. The van der Waals surface area contributed by atoms with Gasteiger partial charge in [0.25, 0.3) is 0 Å². The lowest BCUT2D eigenvalue weighted by atomic mass is 9.38. The number of hydrogen-bond acceptors (Lipinski definition) is 5. The average Bonchev–Trinajstić information content (AvgIpc) is 3.12. The first-order valence-electron chi connectivity index (χ1n) is 13.7. The highest BCUT2D eigenvalue weighted by molar-refractivity contribution is 7.89. The molecule has 4 fully saturated rings. The highest BCUT2D eigenvalue weighted by atomic mass is 35.5. The molecule has 1 amide bonds. The van der Waals surface area contributed by atoms with Gasteiger partial charge in [-0.3, -0.25) is 9.79 Å². The number of halogens is 5. The minimum absolute atomic E-state index is 0.0386. The van der Waals surface area contributed by atoms with E-state index in [9.17, 15) is 26.4 Å². The molecule has 2 aliphatic heterocycles. The Morgan fingerprint density at radius 1 is 1.15 bits per heavy atom. The number of nitrogens with zero attached hydrogens (tertiary/aromatic N) is 3. The first-order chi connectivity index (χ1) is 18.5. The van der Waals surface area contributed by atoms with Crippen molar-refractivity contribution in [2.45, 2.75) is 89.1 Å². The number of sulfonamides is 1. The molecule has 1 atom stereocenters. The molecule has 1 saturated heterocycles. The molecular weight excluding hydrogens is 588 g/mol. The Hall–Kier alpha value is -1.56. The van der Waals surface area contributed by atoms with Crippen molar-refractivity contribution in [1.29, 1.82) is 0 Å². The quantitative estimate of drug-likeness (QED) is 0.420. The van der Waals surface area contributed by atoms with Crippen molar-refractivity contribution in [1.82, 2.24) is 14.5 Å². The first kappa shape index (κ1) is 29.9. The summed E-state index contributed by atoms with van der Waals surface area (Å²) in [5.74, 6) is -0.902. The van der Waals surface area contributed by atoms with Crippen molar-refractivity contribution in [3.63, 3.8) is 0 Å². The van der Waals surface area contributed by atoms with Crippen LogP contribution >= 0.6 is 23.2 Å². The van der Waals surface area contributed by atoms with Crippen LogP contribution in [0.1, 0.15) is 64.9 Å². The molecule has 222 valence electrons. The fourth-order valence-corrected chi connectivity index (χ4v) is 9.10. The largest absolute Gasteiger partial charge is 0.391 e. The molecular formula is C27H35Cl2F3N4O3S. The Bertz CT molecular complexity index is 1310. The third-order valence-electron chi connectivity index (χ3n) is 9.03. The summed E-state index contributed by atoms with van der Waals surface area (Å²) in [7, 11) is -3.55. The second-order valence-electron chi connectivity index (χ2n) is 12.5. The minimum Gasteiger partial charge on any atom is -0.366 e. The predicted octanol–water partition coefficient (Wildman–Crippen LogP) is 5.41. The molecule has 0 aromatic heterocycles. The number of piperidine rings is 1. The molecule has 7 nitrogen and oxygen atoms in total. The number of benzene rings is 1. The number of amides is 1. The lowest BCUT2D eigenvalue weighted by Gasteiger charge is -2.73. The zero-order chi connectivity index (χ0) is 29.3. The number of alkyl halides is 3. The van der Waals surface area contributed by atoms with Crippen molar-refractivity contribution < 1.29 is 26.4 Å². The van der Waals surface area contributed by atoms with Crippen LogP contribution in [-0.2, 0) is 21.4 Å². The van der Waals surface area contributed by atoms with Crippen LogP contribution < -0.4 is 5.32 Å². The van der Waals surface area contributed by atoms with Crippen LogP contribution in [0.5, 0.6) is 0 Å². The molecule has 1 aromatic rings. The van der Waals surface area contributed by atoms with Gasteiger partial charge in [-0.25, -0.2) is 8.42 Å². The van der Waals surface area contributed by atoms with Crippen molar-refractivity contribution in [3.8, 4) is 0 Å². The minimum atomic E-state index is -4.24. The molecule has 0 unspecified atom stereocenters. The van der Waals surface area contributed by atoms with E-state index in [4.69, 9.17) is 28.2 Å². The van der Waals surface area contributed by atoms with Gasteiger partial charge in [-0.05, 0) is 70.1 Å². The molecule has 1 N–H and O–H groups in total. The normalized spacial score (nSPS) is 30.0. The van der Waals surface area contributed by atoms with E-state index in [2.05, 4.69) is 5.32 Å². The van der Waals surface area contributed by atoms with Gasteiger partial charge in [-0.2, -0.15) is 17.5 Å². The molecule has 40 heavy (non-hydrogen) atoms. The van der Waals surface area contributed by atoms with Gasteiger partial charge in [-0.15, -0.1) is 0 Å².